The monoisotopic (exact) mass is 382 g/mol. The number of hydrogen-bond donors (Lipinski definition) is 1. The highest BCUT2D eigenvalue weighted by molar-refractivity contribution is 5.52. The molecule has 0 spiro atoms. The maximum Gasteiger partial charge on any atom is 0.433 e. The summed E-state index contributed by atoms with van der Waals surface area (Å²) in [4.78, 5) is 7.66. The quantitative estimate of drug-likeness (QED) is 0.790. The van der Waals surface area contributed by atoms with Gasteiger partial charge in [0.25, 0.3) is 0 Å². The van der Waals surface area contributed by atoms with Gasteiger partial charge in [-0.2, -0.15) is 31.3 Å². The summed E-state index contributed by atoms with van der Waals surface area (Å²) in [5.74, 6) is 1.01. The molecule has 1 saturated heterocycles. The average molecular weight is 382 g/mol. The summed E-state index contributed by atoms with van der Waals surface area (Å²) in [6.45, 7) is 1.97. The zero-order valence-corrected chi connectivity index (χ0v) is 13.7. The second kappa shape index (κ2) is 8.02. The molecule has 1 aliphatic heterocycles. The molecule has 0 unspecified atom stereocenters. The number of piperidine rings is 1. The molecule has 0 aliphatic carbocycles. The highest BCUT2D eigenvalue weighted by atomic mass is 19.4. The van der Waals surface area contributed by atoms with Gasteiger partial charge in [0.2, 0.25) is 11.7 Å². The van der Waals surface area contributed by atoms with E-state index in [1.807, 2.05) is 0 Å². The summed E-state index contributed by atoms with van der Waals surface area (Å²) in [5, 5.41) is 7.06. The van der Waals surface area contributed by atoms with Crippen molar-refractivity contribution < 1.29 is 30.9 Å². The first-order valence-electron chi connectivity index (χ1n) is 7.68. The molecule has 11 heteroatoms. The molecule has 1 aliphatic rings. The van der Waals surface area contributed by atoms with Gasteiger partial charge in [0, 0.05) is 24.6 Å². The van der Waals surface area contributed by atoms with E-state index in [4.69, 9.17) is 4.52 Å². The van der Waals surface area contributed by atoms with Crippen molar-refractivity contribution in [2.45, 2.75) is 38.0 Å². The first-order chi connectivity index (χ1) is 12.0. The molecule has 0 bridgehead atoms. The lowest BCUT2D eigenvalue weighted by molar-refractivity contribution is -0.141. The van der Waals surface area contributed by atoms with Crippen molar-refractivity contribution in [3.05, 3.63) is 29.9 Å². The van der Waals surface area contributed by atoms with Crippen LogP contribution in [0.25, 0.3) is 11.4 Å². The zero-order valence-electron chi connectivity index (χ0n) is 13.7. The molecule has 2 aromatic heterocycles. The van der Waals surface area contributed by atoms with Crippen molar-refractivity contribution >= 4 is 0 Å². The van der Waals surface area contributed by atoms with Gasteiger partial charge in [-0.1, -0.05) is 5.16 Å². The van der Waals surface area contributed by atoms with Crippen molar-refractivity contribution in [3.8, 4) is 11.4 Å². The molecule has 3 rings (SSSR count). The molecule has 0 atom stereocenters. The van der Waals surface area contributed by atoms with Gasteiger partial charge < -0.3 is 9.84 Å². The molecular weight excluding hydrogens is 366 g/mol. The molecule has 26 heavy (non-hydrogen) atoms. The van der Waals surface area contributed by atoms with E-state index in [1.165, 1.54) is 6.07 Å². The fourth-order valence-electron chi connectivity index (χ4n) is 2.28. The highest BCUT2D eigenvalue weighted by Crippen LogP contribution is 2.29. The Kier molecular flexibility index (Phi) is 6.21. The third-order valence-corrected chi connectivity index (χ3v) is 3.44. The maximum atomic E-state index is 12.5. The van der Waals surface area contributed by atoms with E-state index < -0.39 is 18.0 Å². The predicted molar refractivity (Wildman–Crippen MR) is 79.1 cm³/mol. The van der Waals surface area contributed by atoms with E-state index in [-0.39, 0.29) is 18.7 Å². The molecule has 0 aromatic carbocycles. The predicted octanol–water partition coefficient (Wildman–Crippen LogP) is 4.19. The summed E-state index contributed by atoms with van der Waals surface area (Å²) >= 11 is 0. The minimum Gasteiger partial charge on any atom is -0.339 e. The van der Waals surface area contributed by atoms with Crippen LogP contribution >= 0.6 is 0 Å². The number of aromatic nitrogens is 3. The van der Waals surface area contributed by atoms with Crippen LogP contribution in [0.3, 0.4) is 0 Å². The van der Waals surface area contributed by atoms with Crippen LogP contribution in [0, 0.1) is 0 Å². The van der Waals surface area contributed by atoms with Crippen LogP contribution in [0.15, 0.2) is 22.9 Å². The number of alkyl halides is 6. The Morgan fingerprint density at radius 2 is 1.69 bits per heavy atom. The Labute approximate surface area is 144 Å². The number of hydrogen-bond acceptors (Lipinski definition) is 5. The lowest BCUT2D eigenvalue weighted by atomic mass is 9.98. The Morgan fingerprint density at radius 1 is 1.08 bits per heavy atom. The zero-order chi connectivity index (χ0) is 19.4. The van der Waals surface area contributed by atoms with Crippen molar-refractivity contribution in [1.29, 1.82) is 0 Å². The number of nitrogens with zero attached hydrogens (tertiary/aromatic N) is 3. The molecule has 0 amide bonds. The van der Waals surface area contributed by atoms with Crippen LogP contribution in [0.1, 0.15) is 37.3 Å². The standard InChI is InChI=1S/C13H13F3N4O.C2H3F3/c14-13(15,16)10-2-1-9(7-18-10)11-19-12(21-20-11)8-3-5-17-6-4-8;1-2(3,4)5/h1-2,7-8,17H,3-6H2;1H3. The van der Waals surface area contributed by atoms with Crippen LogP contribution in [0.2, 0.25) is 0 Å². The summed E-state index contributed by atoms with van der Waals surface area (Å²) < 4.78 is 73.6. The Hall–Kier alpha value is -2.17. The van der Waals surface area contributed by atoms with Gasteiger partial charge in [0.05, 0.1) is 0 Å². The summed E-state index contributed by atoms with van der Waals surface area (Å²) in [5.41, 5.74) is -0.528. The molecule has 0 radical (unpaired) electrons. The maximum absolute atomic E-state index is 12.5. The number of rotatable bonds is 2. The van der Waals surface area contributed by atoms with Crippen molar-refractivity contribution in [2.75, 3.05) is 13.1 Å². The fourth-order valence-corrected chi connectivity index (χ4v) is 2.28. The van der Waals surface area contributed by atoms with Crippen LogP contribution in [0.5, 0.6) is 0 Å². The van der Waals surface area contributed by atoms with Gasteiger partial charge in [-0.3, -0.25) is 4.98 Å². The highest BCUT2D eigenvalue weighted by Gasteiger charge is 2.32. The largest absolute Gasteiger partial charge is 0.433 e. The van der Waals surface area contributed by atoms with Gasteiger partial charge in [-0.05, 0) is 38.1 Å². The molecule has 1 fully saturated rings. The van der Waals surface area contributed by atoms with E-state index in [0.29, 0.717) is 11.5 Å². The Balaban J connectivity index is 0.000000431. The Morgan fingerprint density at radius 3 is 2.19 bits per heavy atom. The first kappa shape index (κ1) is 20.1. The second-order valence-electron chi connectivity index (χ2n) is 5.69. The Bertz CT molecular complexity index is 683. The molecule has 144 valence electrons. The summed E-state index contributed by atoms with van der Waals surface area (Å²) in [6, 6.07) is 2.21. The third kappa shape index (κ3) is 6.28. The summed E-state index contributed by atoms with van der Waals surface area (Å²) in [6.07, 6.45) is -5.52. The molecule has 0 saturated carbocycles. The average Bonchev–Trinajstić information content (AvgIpc) is 3.03. The topological polar surface area (TPSA) is 63.8 Å². The number of nitrogens with one attached hydrogen (secondary N) is 1. The van der Waals surface area contributed by atoms with E-state index >= 15 is 0 Å². The van der Waals surface area contributed by atoms with Crippen LogP contribution in [-0.2, 0) is 6.18 Å². The van der Waals surface area contributed by atoms with Crippen LogP contribution < -0.4 is 5.32 Å². The molecule has 1 N–H and O–H groups in total. The third-order valence-electron chi connectivity index (χ3n) is 3.44. The molecule has 3 heterocycles. The van der Waals surface area contributed by atoms with E-state index in [0.717, 1.165) is 38.2 Å². The van der Waals surface area contributed by atoms with Gasteiger partial charge in [0.15, 0.2) is 0 Å². The molecule has 2 aromatic rings. The lowest BCUT2D eigenvalue weighted by Crippen LogP contribution is -2.26. The van der Waals surface area contributed by atoms with Crippen LogP contribution in [-0.4, -0.2) is 34.4 Å². The smallest absolute Gasteiger partial charge is 0.339 e. The van der Waals surface area contributed by atoms with E-state index in [2.05, 4.69) is 20.4 Å². The van der Waals surface area contributed by atoms with Gasteiger partial charge >= 0.3 is 12.4 Å². The first-order valence-corrected chi connectivity index (χ1v) is 7.68. The van der Waals surface area contributed by atoms with Gasteiger partial charge in [0.1, 0.15) is 5.69 Å². The van der Waals surface area contributed by atoms with Crippen molar-refractivity contribution in [1.82, 2.24) is 20.4 Å². The van der Waals surface area contributed by atoms with E-state index in [9.17, 15) is 26.3 Å². The molecule has 5 nitrogen and oxygen atoms in total. The molecular formula is C15H16F6N4O. The second-order valence-corrected chi connectivity index (χ2v) is 5.69. The number of pyridine rings is 1. The van der Waals surface area contributed by atoms with Gasteiger partial charge in [-0.15, -0.1) is 0 Å². The minimum atomic E-state index is -4.45. The van der Waals surface area contributed by atoms with Crippen molar-refractivity contribution in [3.63, 3.8) is 0 Å². The van der Waals surface area contributed by atoms with Crippen molar-refractivity contribution in [2.24, 2.45) is 0 Å². The van der Waals surface area contributed by atoms with Gasteiger partial charge in [-0.25, -0.2) is 0 Å². The number of halogens is 6. The van der Waals surface area contributed by atoms with Crippen LogP contribution in [0.4, 0.5) is 26.3 Å². The normalized spacial score (nSPS) is 16.1. The summed E-state index contributed by atoms with van der Waals surface area (Å²) in [7, 11) is 0. The lowest BCUT2D eigenvalue weighted by Gasteiger charge is -2.18. The SMILES string of the molecule is CC(F)(F)F.FC(F)(F)c1ccc(-c2noc(C3CCNCC3)n2)cn1. The fraction of sp³-hybridized carbons (Fsp3) is 0.533. The van der Waals surface area contributed by atoms with E-state index in [1.54, 1.807) is 0 Å². The minimum absolute atomic E-state index is 0.188.